The lowest BCUT2D eigenvalue weighted by Crippen LogP contribution is -2.35. The lowest BCUT2D eigenvalue weighted by Gasteiger charge is -2.21. The highest BCUT2D eigenvalue weighted by Gasteiger charge is 2.21. The van der Waals surface area contributed by atoms with E-state index in [2.05, 4.69) is 28.7 Å². The van der Waals surface area contributed by atoms with Gasteiger partial charge in [-0.05, 0) is 13.8 Å². The van der Waals surface area contributed by atoms with Gasteiger partial charge in [-0.1, -0.05) is 0 Å². The van der Waals surface area contributed by atoms with Crippen LogP contribution >= 0.6 is 0 Å². The van der Waals surface area contributed by atoms with E-state index < -0.39 is 0 Å². The Balaban J connectivity index is 2.11. The van der Waals surface area contributed by atoms with Crippen molar-refractivity contribution in [3.8, 4) is 0 Å². The van der Waals surface area contributed by atoms with Gasteiger partial charge in [0.25, 0.3) is 0 Å². The predicted octanol–water partition coefficient (Wildman–Crippen LogP) is 0.351. The Labute approximate surface area is 84.3 Å². The van der Waals surface area contributed by atoms with Crippen molar-refractivity contribution in [2.45, 2.75) is 19.9 Å². The molecule has 5 nitrogen and oxygen atoms in total. The molecule has 2 rings (SSSR count). The predicted molar refractivity (Wildman–Crippen MR) is 55.4 cm³/mol. The van der Waals surface area contributed by atoms with E-state index in [0.29, 0.717) is 6.04 Å². The van der Waals surface area contributed by atoms with Crippen molar-refractivity contribution in [2.75, 3.05) is 4.81 Å². The van der Waals surface area contributed by atoms with Crippen LogP contribution in [0.2, 0.25) is 0 Å². The molecule has 1 radical (unpaired) electrons. The molecule has 73 valence electrons. The third-order valence-electron chi connectivity index (χ3n) is 2.17. The Morgan fingerprint density at radius 1 is 1.36 bits per heavy atom. The van der Waals surface area contributed by atoms with E-state index >= 15 is 0 Å². The molecule has 1 aliphatic rings. The van der Waals surface area contributed by atoms with Crippen LogP contribution in [0, 0.1) is 0 Å². The van der Waals surface area contributed by atoms with E-state index in [1.807, 2.05) is 31.8 Å². The Bertz CT molecular complexity index is 345. The third kappa shape index (κ3) is 1.47. The average Bonchev–Trinajstić information content (AvgIpc) is 2.71. The van der Waals surface area contributed by atoms with Gasteiger partial charge in [-0.3, -0.25) is 0 Å². The van der Waals surface area contributed by atoms with Crippen molar-refractivity contribution in [3.63, 3.8) is 0 Å². The number of nitrogens with zero attached hydrogens (tertiary/aromatic N) is 5. The highest BCUT2D eigenvalue weighted by molar-refractivity contribution is 6.40. The topological polar surface area (TPSA) is 37.2 Å². The van der Waals surface area contributed by atoms with Gasteiger partial charge in [0.1, 0.15) is 6.33 Å². The molecule has 1 aromatic heterocycles. The lowest BCUT2D eigenvalue weighted by molar-refractivity contribution is 0.491. The zero-order chi connectivity index (χ0) is 10.1. The maximum Gasteiger partial charge on any atom is 0.398 e. The Hall–Kier alpha value is -1.46. The summed E-state index contributed by atoms with van der Waals surface area (Å²) in [4.78, 5) is 8.23. The van der Waals surface area contributed by atoms with Crippen LogP contribution in [0.15, 0.2) is 18.7 Å². The molecule has 0 fully saturated rings. The average molecular weight is 190 g/mol. The van der Waals surface area contributed by atoms with E-state index in [4.69, 9.17) is 0 Å². The number of rotatable bonds is 2. The molecule has 0 aliphatic carbocycles. The molecule has 0 unspecified atom stereocenters. The molecule has 0 saturated carbocycles. The van der Waals surface area contributed by atoms with Crippen LogP contribution in [0.4, 0.5) is 5.95 Å². The van der Waals surface area contributed by atoms with Gasteiger partial charge in [0.2, 0.25) is 5.95 Å². The van der Waals surface area contributed by atoms with Crippen molar-refractivity contribution in [3.05, 3.63) is 18.7 Å². The fourth-order valence-corrected chi connectivity index (χ4v) is 1.32. The van der Waals surface area contributed by atoms with Gasteiger partial charge in [0.15, 0.2) is 0 Å². The van der Waals surface area contributed by atoms with Crippen molar-refractivity contribution < 1.29 is 0 Å². The van der Waals surface area contributed by atoms with Crippen molar-refractivity contribution in [1.29, 1.82) is 0 Å². The monoisotopic (exact) mass is 190 g/mol. The van der Waals surface area contributed by atoms with E-state index in [-0.39, 0.29) is 0 Å². The molecule has 0 saturated heterocycles. The summed E-state index contributed by atoms with van der Waals surface area (Å²) in [5.74, 6) is 0.824. The summed E-state index contributed by atoms with van der Waals surface area (Å²) in [7, 11) is 3.89. The molecule has 0 aromatic carbocycles. The maximum absolute atomic E-state index is 4.16. The van der Waals surface area contributed by atoms with Crippen molar-refractivity contribution in [2.24, 2.45) is 7.05 Å². The molecule has 0 bridgehead atoms. The molecule has 0 amide bonds. The highest BCUT2D eigenvalue weighted by Crippen LogP contribution is 2.14. The number of aryl methyl sites for hydroxylation is 1. The van der Waals surface area contributed by atoms with Crippen LogP contribution < -0.4 is 4.81 Å². The molecule has 1 aromatic rings. The fraction of sp³-hybridized carbons (Fsp3) is 0.500. The molecule has 2 heterocycles. The summed E-state index contributed by atoms with van der Waals surface area (Å²) in [6.07, 6.45) is 5.55. The van der Waals surface area contributed by atoms with Gasteiger partial charge in [-0.2, -0.15) is 5.10 Å². The van der Waals surface area contributed by atoms with Crippen LogP contribution in [0.5, 0.6) is 0 Å². The van der Waals surface area contributed by atoms with E-state index in [0.717, 1.165) is 5.95 Å². The molecular formula is C8H13BN5. The highest BCUT2D eigenvalue weighted by atomic mass is 15.4. The SMILES string of the molecule is CC(C)N1[B]N(c2ncnn2C)C=C1. The number of hydrogen-bond acceptors (Lipinski definition) is 4. The molecule has 1 aliphatic heterocycles. The fourth-order valence-electron chi connectivity index (χ4n) is 1.32. The summed E-state index contributed by atoms with van der Waals surface area (Å²) in [6, 6.07) is 0.462. The normalized spacial score (nSPS) is 15.4. The third-order valence-corrected chi connectivity index (χ3v) is 2.17. The summed E-state index contributed by atoms with van der Waals surface area (Å²) in [5.41, 5.74) is 0. The second kappa shape index (κ2) is 3.36. The Morgan fingerprint density at radius 2 is 2.14 bits per heavy atom. The maximum atomic E-state index is 4.16. The molecule has 6 heteroatoms. The molecule has 0 spiro atoms. The lowest BCUT2D eigenvalue weighted by atomic mass is 10.1. The summed E-state index contributed by atoms with van der Waals surface area (Å²) < 4.78 is 1.74. The van der Waals surface area contributed by atoms with E-state index in [1.165, 1.54) is 0 Å². The molecular weight excluding hydrogens is 177 g/mol. The minimum absolute atomic E-state index is 0.462. The van der Waals surface area contributed by atoms with Crippen LogP contribution in [-0.4, -0.2) is 33.2 Å². The molecule has 0 N–H and O–H groups in total. The van der Waals surface area contributed by atoms with Gasteiger partial charge in [0, 0.05) is 25.5 Å². The Morgan fingerprint density at radius 3 is 2.64 bits per heavy atom. The number of aromatic nitrogens is 3. The Kier molecular flexibility index (Phi) is 2.19. The van der Waals surface area contributed by atoms with Crippen LogP contribution in [-0.2, 0) is 7.05 Å². The first kappa shape index (κ1) is 9.11. The second-order valence-corrected chi connectivity index (χ2v) is 3.55. The van der Waals surface area contributed by atoms with Gasteiger partial charge < -0.3 is 9.62 Å². The zero-order valence-corrected chi connectivity index (χ0v) is 8.62. The first-order valence-corrected chi connectivity index (χ1v) is 4.61. The zero-order valence-electron chi connectivity index (χ0n) is 8.62. The quantitative estimate of drug-likeness (QED) is 0.630. The van der Waals surface area contributed by atoms with Gasteiger partial charge in [0.05, 0.1) is 0 Å². The molecule has 14 heavy (non-hydrogen) atoms. The largest absolute Gasteiger partial charge is 0.401 e. The standard InChI is InChI=1S/C8H13BN5/c1-7(2)13-4-5-14(9-13)8-10-6-11-12(8)3/h4-7H,1-3H3. The first-order valence-electron chi connectivity index (χ1n) is 4.61. The van der Waals surface area contributed by atoms with Gasteiger partial charge in [-0.25, -0.2) is 9.67 Å². The minimum Gasteiger partial charge on any atom is -0.401 e. The second-order valence-electron chi connectivity index (χ2n) is 3.55. The minimum atomic E-state index is 0.462. The summed E-state index contributed by atoms with van der Waals surface area (Å²) in [6.45, 7) is 4.28. The number of anilines is 1. The smallest absolute Gasteiger partial charge is 0.398 e. The summed E-state index contributed by atoms with van der Waals surface area (Å²) >= 11 is 0. The molecule has 0 atom stereocenters. The van der Waals surface area contributed by atoms with Gasteiger partial charge >= 0.3 is 7.55 Å². The van der Waals surface area contributed by atoms with Crippen LogP contribution in [0.25, 0.3) is 0 Å². The van der Waals surface area contributed by atoms with Crippen molar-refractivity contribution in [1.82, 2.24) is 19.6 Å². The van der Waals surface area contributed by atoms with Gasteiger partial charge in [-0.15, -0.1) is 0 Å². The van der Waals surface area contributed by atoms with Crippen molar-refractivity contribution >= 4 is 13.5 Å². The summed E-state index contributed by atoms with van der Waals surface area (Å²) in [5, 5.41) is 4.02. The van der Waals surface area contributed by atoms with E-state index in [1.54, 1.807) is 11.0 Å². The van der Waals surface area contributed by atoms with Crippen LogP contribution in [0.1, 0.15) is 13.8 Å². The van der Waals surface area contributed by atoms with Crippen LogP contribution in [0.3, 0.4) is 0 Å². The first-order chi connectivity index (χ1) is 6.68. The number of hydrogen-bond donors (Lipinski definition) is 0. The van der Waals surface area contributed by atoms with E-state index in [9.17, 15) is 0 Å².